The normalized spacial score (nSPS) is 11.7. The maximum absolute atomic E-state index is 2.62. The minimum Gasteiger partial charge on any atom is -0.309 e. The number of hydrogen-bond acceptors (Lipinski definition) is 0. The Bertz CT molecular complexity index is 6960. The number of nitrogens with zero attached hydrogens (tertiary/aromatic N) is 3. The van der Waals surface area contributed by atoms with Crippen LogP contribution >= 0.6 is 0 Å². The van der Waals surface area contributed by atoms with Crippen molar-refractivity contribution >= 4 is 65.4 Å². The van der Waals surface area contributed by atoms with Crippen molar-refractivity contribution < 1.29 is 0 Å². The van der Waals surface area contributed by atoms with E-state index >= 15 is 0 Å². The van der Waals surface area contributed by atoms with Crippen LogP contribution in [0.4, 0.5) is 0 Å². The van der Waals surface area contributed by atoms with Gasteiger partial charge in [0.25, 0.3) is 0 Å². The molecule has 18 aromatic rings. The third-order valence-corrected chi connectivity index (χ3v) is 25.3. The molecule has 3 aromatic heterocycles. The SMILES string of the molecule is CC.CC.CC.CC.CC.CC.CC.CC.CC.CC.CC.CC.CC.CC.c1ccc2c(c1)Cc1c-2ccc2c3cccc4c3n(c12)-c1ccc2c(c1C4)-c1ccccc1C2.c1ccc2c(c1)Cc1cc3c(cc1-2)c1cccc2c1n3-c1ccc3c(c1C2)-c1ccccc1C3.c1ccc2c(c1)Cc1ccc3c(c1-2)Cc1cccc2c4ccc5c(c4n-3c12)-c1ccccc1C5. The van der Waals surface area contributed by atoms with E-state index in [2.05, 4.69) is 287 Å². The Morgan fingerprint density at radius 3 is 0.808 bits per heavy atom. The second-order valence-electron chi connectivity index (χ2n) is 30.3. The van der Waals surface area contributed by atoms with Gasteiger partial charge in [-0.25, -0.2) is 0 Å². The largest absolute Gasteiger partial charge is 0.309 e. The van der Waals surface area contributed by atoms with Crippen LogP contribution < -0.4 is 0 Å². The first-order valence-corrected chi connectivity index (χ1v) is 50.8. The summed E-state index contributed by atoms with van der Waals surface area (Å²) in [6.45, 7) is 56.0. The molecule has 0 saturated carbocycles. The Morgan fingerprint density at radius 1 is 0.146 bits per heavy atom. The van der Waals surface area contributed by atoms with Crippen molar-refractivity contribution in [1.82, 2.24) is 13.7 Å². The molecule has 27 rings (SSSR count). The highest BCUT2D eigenvalue weighted by Crippen LogP contribution is 2.55. The van der Waals surface area contributed by atoms with Gasteiger partial charge in [-0.05, 0) is 224 Å². The summed E-state index contributed by atoms with van der Waals surface area (Å²) in [5.41, 5.74) is 56.0. The zero-order chi connectivity index (χ0) is 93.9. The third-order valence-electron chi connectivity index (χ3n) is 25.3. The van der Waals surface area contributed by atoms with E-state index < -0.39 is 0 Å². The van der Waals surface area contributed by atoms with Crippen molar-refractivity contribution in [3.05, 3.63) is 373 Å². The average molecular weight is 1720 g/mol. The number of aromatic nitrogens is 3. The molecule has 3 heteroatoms. The van der Waals surface area contributed by atoms with E-state index in [0.29, 0.717) is 0 Å². The quantitative estimate of drug-likeness (QED) is 0.144. The van der Waals surface area contributed by atoms with Gasteiger partial charge in [0.2, 0.25) is 0 Å². The summed E-state index contributed by atoms with van der Waals surface area (Å²) >= 11 is 0. The Balaban J connectivity index is 0.000000166. The number of para-hydroxylation sites is 3. The fourth-order valence-corrected chi connectivity index (χ4v) is 21.2. The molecular formula is C127H147N3. The molecule has 0 atom stereocenters. The smallest absolute Gasteiger partial charge is 0.0622 e. The second-order valence-corrected chi connectivity index (χ2v) is 30.3. The van der Waals surface area contributed by atoms with Crippen molar-refractivity contribution in [2.45, 2.75) is 252 Å². The molecule has 0 amide bonds. The molecule has 0 spiro atoms. The molecular weight excluding hydrogens is 1570 g/mol. The zero-order valence-electron chi connectivity index (χ0n) is 84.2. The lowest BCUT2D eigenvalue weighted by atomic mass is 9.90. The number of fused-ring (bicyclic) bond motifs is 38. The van der Waals surface area contributed by atoms with E-state index in [0.717, 1.165) is 57.8 Å². The Morgan fingerprint density at radius 2 is 0.408 bits per heavy atom. The van der Waals surface area contributed by atoms with E-state index in [1.54, 1.807) is 0 Å². The summed E-state index contributed by atoms with van der Waals surface area (Å²) in [5.74, 6) is 0. The lowest BCUT2D eigenvalue weighted by molar-refractivity contribution is 1.04. The van der Waals surface area contributed by atoms with Crippen LogP contribution in [-0.4, -0.2) is 13.7 Å². The van der Waals surface area contributed by atoms with E-state index in [4.69, 9.17) is 0 Å². The molecule has 0 fully saturated rings. The number of rotatable bonds is 0. The van der Waals surface area contributed by atoms with Crippen LogP contribution in [0.5, 0.6) is 0 Å². The van der Waals surface area contributed by atoms with Crippen molar-refractivity contribution in [2.75, 3.05) is 0 Å². The summed E-state index contributed by atoms with van der Waals surface area (Å²) in [5, 5.41) is 8.29. The maximum Gasteiger partial charge on any atom is 0.0622 e. The van der Waals surface area contributed by atoms with Gasteiger partial charge in [0, 0.05) is 63.6 Å². The molecule has 6 heterocycles. The van der Waals surface area contributed by atoms with Gasteiger partial charge in [0.15, 0.2) is 0 Å². The predicted octanol–water partition coefficient (Wildman–Crippen LogP) is 37.9. The lowest BCUT2D eigenvalue weighted by Gasteiger charge is -2.24. The topological polar surface area (TPSA) is 14.8 Å². The maximum atomic E-state index is 2.62. The Kier molecular flexibility index (Phi) is 34.3. The molecule has 130 heavy (non-hydrogen) atoms. The molecule has 3 nitrogen and oxygen atoms in total. The first-order valence-electron chi connectivity index (χ1n) is 50.8. The van der Waals surface area contributed by atoms with Gasteiger partial charge in [-0.15, -0.1) is 0 Å². The molecule has 0 N–H and O–H groups in total. The summed E-state index contributed by atoms with van der Waals surface area (Å²) in [7, 11) is 0. The molecule has 670 valence electrons. The van der Waals surface area contributed by atoms with Gasteiger partial charge in [0.1, 0.15) is 0 Å². The van der Waals surface area contributed by atoms with Gasteiger partial charge in [-0.3, -0.25) is 0 Å². The number of hydrogen-bond donors (Lipinski definition) is 0. The zero-order valence-corrected chi connectivity index (χ0v) is 84.2. The van der Waals surface area contributed by atoms with Crippen LogP contribution in [0.1, 0.15) is 294 Å². The third kappa shape index (κ3) is 16.4. The summed E-state index contributed by atoms with van der Waals surface area (Å²) in [6, 6.07) is 103. The summed E-state index contributed by atoms with van der Waals surface area (Å²) in [4.78, 5) is 0. The van der Waals surface area contributed by atoms with Gasteiger partial charge in [-0.1, -0.05) is 437 Å². The van der Waals surface area contributed by atoms with Crippen LogP contribution in [0.2, 0.25) is 0 Å². The standard InChI is InChI=1S/3C33H21N.14C2H6/c1-3-9-23-20(7-1)17-28-25(23)13-14-27-26-11-5-8-22-18-29-30(34(32(22)26)33(27)28)15-12-21-16-19-6-2-4-10-24(19)31(21)29;1-3-9-24-19(6-1)16-21-13-15-29-28(30(21)24)18-23-8-5-11-26-27-14-12-22-17-20-7-2-4-10-25(20)31(22)33(27)34(29)32(23)26;1-3-9-24-19(6-1)15-23-17-31-28(18-27(23)24)26-11-5-8-22-16-29-30(34(31)33(22)26)13-12-21-14-20-7-2-4-10-25(20)32(21)29;14*1-2/h2*1-15H,16-18H2;1-13,17-18H,14-16H2;14*1-2H3. The van der Waals surface area contributed by atoms with Crippen LogP contribution in [0.15, 0.2) is 273 Å². The fraction of sp³-hybridized carbons (Fsp3) is 0.291. The molecule has 15 aromatic carbocycles. The second kappa shape index (κ2) is 45.3. The highest BCUT2D eigenvalue weighted by atomic mass is 15.0. The van der Waals surface area contributed by atoms with Crippen LogP contribution in [0.25, 0.3) is 149 Å². The molecule has 0 saturated heterocycles. The number of benzene rings is 15. The van der Waals surface area contributed by atoms with Gasteiger partial charge >= 0.3 is 0 Å². The Labute approximate surface area is 782 Å². The first-order chi connectivity index (χ1) is 64.6. The molecule has 0 bridgehead atoms. The minimum atomic E-state index is 0.999. The van der Waals surface area contributed by atoms with Crippen molar-refractivity contribution in [3.63, 3.8) is 0 Å². The first kappa shape index (κ1) is 98.3. The van der Waals surface area contributed by atoms with Crippen LogP contribution in [-0.2, 0) is 57.8 Å². The summed E-state index contributed by atoms with van der Waals surface area (Å²) < 4.78 is 7.80. The minimum absolute atomic E-state index is 0.999. The van der Waals surface area contributed by atoms with Crippen LogP contribution in [0.3, 0.4) is 0 Å². The van der Waals surface area contributed by atoms with Gasteiger partial charge < -0.3 is 13.7 Å². The van der Waals surface area contributed by atoms with Crippen molar-refractivity contribution in [1.29, 1.82) is 0 Å². The fourth-order valence-electron chi connectivity index (χ4n) is 21.2. The van der Waals surface area contributed by atoms with E-state index in [1.807, 2.05) is 194 Å². The van der Waals surface area contributed by atoms with Crippen LogP contribution in [0, 0.1) is 0 Å². The average Bonchev–Trinajstić information content (AvgIpc) is 1.55. The van der Waals surface area contributed by atoms with Crippen molar-refractivity contribution in [2.24, 2.45) is 0 Å². The van der Waals surface area contributed by atoms with Crippen molar-refractivity contribution in [3.8, 4) is 83.8 Å². The predicted molar refractivity (Wildman–Crippen MR) is 579 cm³/mol. The Hall–Kier alpha value is -12.3. The highest BCUT2D eigenvalue weighted by molar-refractivity contribution is 6.18. The van der Waals surface area contributed by atoms with E-state index in [9.17, 15) is 0 Å². The lowest BCUT2D eigenvalue weighted by Crippen LogP contribution is -2.10. The molecule has 6 aliphatic carbocycles. The molecule has 3 aliphatic heterocycles. The highest BCUT2D eigenvalue weighted by Gasteiger charge is 2.36. The van der Waals surface area contributed by atoms with Gasteiger partial charge in [0.05, 0.1) is 50.2 Å². The molecule has 9 aliphatic rings. The molecule has 0 radical (unpaired) electrons. The monoisotopic (exact) mass is 1710 g/mol. The van der Waals surface area contributed by atoms with E-state index in [-0.39, 0.29) is 0 Å². The molecule has 0 unspecified atom stereocenters. The summed E-state index contributed by atoms with van der Waals surface area (Å²) in [6.07, 6.45) is 9.22. The van der Waals surface area contributed by atoms with E-state index in [1.165, 1.54) is 249 Å². The van der Waals surface area contributed by atoms with Gasteiger partial charge in [-0.2, -0.15) is 0 Å².